The first-order valence-corrected chi connectivity index (χ1v) is 13.2. The molecule has 0 radical (unpaired) electrons. The number of unbranched alkanes of at least 4 members (excludes halogenated alkanes) is 3. The number of imidazole rings is 1. The summed E-state index contributed by atoms with van der Waals surface area (Å²) in [6.45, 7) is 9.94. The zero-order valence-electron chi connectivity index (χ0n) is 22.1. The van der Waals surface area contributed by atoms with E-state index in [1.165, 1.54) is 5.52 Å². The van der Waals surface area contributed by atoms with Crippen molar-refractivity contribution in [3.05, 3.63) is 66.5 Å². The van der Waals surface area contributed by atoms with Gasteiger partial charge in [0.05, 0.1) is 24.8 Å². The van der Waals surface area contributed by atoms with E-state index in [9.17, 15) is 4.79 Å². The van der Waals surface area contributed by atoms with E-state index in [0.29, 0.717) is 6.61 Å². The maximum atomic E-state index is 11.7. The van der Waals surface area contributed by atoms with Crippen molar-refractivity contribution >= 4 is 16.9 Å². The number of allylic oxidation sites excluding steroid dienone is 1. The lowest BCUT2D eigenvalue weighted by Gasteiger charge is -2.13. The van der Waals surface area contributed by atoms with Crippen LogP contribution in [-0.2, 0) is 24.2 Å². The number of aromatic nitrogens is 2. The maximum Gasteiger partial charge on any atom is 0.222 e. The van der Waals surface area contributed by atoms with E-state index in [4.69, 9.17) is 14.5 Å². The van der Waals surface area contributed by atoms with E-state index >= 15 is 0 Å². The summed E-state index contributed by atoms with van der Waals surface area (Å²) in [7, 11) is 1.67. The fourth-order valence-corrected chi connectivity index (χ4v) is 4.25. The quantitative estimate of drug-likeness (QED) is 0.194. The summed E-state index contributed by atoms with van der Waals surface area (Å²) in [4.78, 5) is 16.6. The molecule has 1 heterocycles. The minimum atomic E-state index is 0.0419. The standard InChI is InChI=1S/C30H41N3O3/c1-5-13-24-17-18-27(28(22-24)35-4)36-21-12-11-20-33-26-15-9-8-14-25(26)32-29(33)16-7-6-10-19-31-30(34)23(2)3/h5,8-9,14-15,17-18,22-23H,1,6-7,10-13,16,19-21H2,2-4H3,(H,31,34). The molecule has 6 nitrogen and oxygen atoms in total. The SMILES string of the molecule is C=CCc1ccc(OCCCCn2c(CCCCCNC(=O)C(C)C)nc3ccccc32)c(OC)c1. The van der Waals surface area contributed by atoms with Crippen molar-refractivity contribution in [1.82, 2.24) is 14.9 Å². The Balaban J connectivity index is 1.48. The highest BCUT2D eigenvalue weighted by molar-refractivity contribution is 5.77. The van der Waals surface area contributed by atoms with Crippen molar-refractivity contribution in [2.75, 3.05) is 20.3 Å². The molecule has 3 rings (SSSR count). The van der Waals surface area contributed by atoms with Crippen molar-refractivity contribution in [3.63, 3.8) is 0 Å². The van der Waals surface area contributed by atoms with Crippen LogP contribution >= 0.6 is 0 Å². The van der Waals surface area contributed by atoms with Crippen molar-refractivity contribution in [1.29, 1.82) is 0 Å². The van der Waals surface area contributed by atoms with Crippen molar-refractivity contribution < 1.29 is 14.3 Å². The van der Waals surface area contributed by atoms with Gasteiger partial charge in [0.25, 0.3) is 0 Å². The first-order valence-electron chi connectivity index (χ1n) is 13.2. The molecule has 0 spiro atoms. The first kappa shape index (κ1) is 27.3. The molecular formula is C30H41N3O3. The molecule has 0 atom stereocenters. The topological polar surface area (TPSA) is 65.4 Å². The van der Waals surface area contributed by atoms with Gasteiger partial charge in [-0.25, -0.2) is 4.98 Å². The number of hydrogen-bond acceptors (Lipinski definition) is 4. The van der Waals surface area contributed by atoms with Crippen LogP contribution in [0, 0.1) is 5.92 Å². The van der Waals surface area contributed by atoms with E-state index in [0.717, 1.165) is 86.4 Å². The number of para-hydroxylation sites is 2. The number of nitrogens with zero attached hydrogens (tertiary/aromatic N) is 2. The number of fused-ring (bicyclic) bond motifs is 1. The Kier molecular flexibility index (Phi) is 10.9. The number of rotatable bonds is 16. The average molecular weight is 492 g/mol. The summed E-state index contributed by atoms with van der Waals surface area (Å²) >= 11 is 0. The Morgan fingerprint density at radius 3 is 2.69 bits per heavy atom. The second kappa shape index (κ2) is 14.3. The Labute approximate surface area is 215 Å². The lowest BCUT2D eigenvalue weighted by molar-refractivity contribution is -0.123. The lowest BCUT2D eigenvalue weighted by Crippen LogP contribution is -2.28. The van der Waals surface area contributed by atoms with E-state index in [-0.39, 0.29) is 11.8 Å². The minimum Gasteiger partial charge on any atom is -0.493 e. The molecule has 0 aliphatic rings. The molecule has 0 fully saturated rings. The Morgan fingerprint density at radius 1 is 1.08 bits per heavy atom. The van der Waals surface area contributed by atoms with Gasteiger partial charge >= 0.3 is 0 Å². The van der Waals surface area contributed by atoms with Gasteiger partial charge in [0.1, 0.15) is 5.82 Å². The Morgan fingerprint density at radius 2 is 1.92 bits per heavy atom. The van der Waals surface area contributed by atoms with Gasteiger partial charge in [-0.05, 0) is 61.9 Å². The molecule has 1 amide bonds. The van der Waals surface area contributed by atoms with E-state index < -0.39 is 0 Å². The lowest BCUT2D eigenvalue weighted by atomic mass is 10.1. The van der Waals surface area contributed by atoms with Crippen LogP contribution in [0.1, 0.15) is 57.3 Å². The van der Waals surface area contributed by atoms with Gasteiger partial charge in [-0.2, -0.15) is 0 Å². The zero-order valence-corrected chi connectivity index (χ0v) is 22.1. The molecule has 6 heteroatoms. The normalized spacial score (nSPS) is 11.1. The minimum absolute atomic E-state index is 0.0419. The monoisotopic (exact) mass is 491 g/mol. The second-order valence-corrected chi connectivity index (χ2v) is 9.46. The molecule has 3 aromatic rings. The summed E-state index contributed by atoms with van der Waals surface area (Å²) in [5.74, 6) is 2.86. The largest absolute Gasteiger partial charge is 0.493 e. The molecule has 0 bridgehead atoms. The highest BCUT2D eigenvalue weighted by atomic mass is 16.5. The highest BCUT2D eigenvalue weighted by Crippen LogP contribution is 2.28. The number of benzene rings is 2. The molecule has 0 saturated heterocycles. The number of nitrogens with one attached hydrogen (secondary N) is 1. The summed E-state index contributed by atoms with van der Waals surface area (Å²) < 4.78 is 13.9. The average Bonchev–Trinajstić information content (AvgIpc) is 3.23. The fraction of sp³-hybridized carbons (Fsp3) is 0.467. The number of methoxy groups -OCH3 is 1. The third-order valence-corrected chi connectivity index (χ3v) is 6.28. The molecule has 0 saturated carbocycles. The molecular weight excluding hydrogens is 450 g/mol. The van der Waals surface area contributed by atoms with Crippen LogP contribution in [-0.4, -0.2) is 35.7 Å². The van der Waals surface area contributed by atoms with Crippen LogP contribution in [0.15, 0.2) is 55.1 Å². The number of ether oxygens (including phenoxy) is 2. The number of hydrogen-bond donors (Lipinski definition) is 1. The molecule has 1 aromatic heterocycles. The highest BCUT2D eigenvalue weighted by Gasteiger charge is 2.11. The van der Waals surface area contributed by atoms with Crippen LogP contribution in [0.3, 0.4) is 0 Å². The number of carbonyl (C=O) groups is 1. The Hall–Kier alpha value is -3.28. The molecule has 2 aromatic carbocycles. The molecule has 194 valence electrons. The van der Waals surface area contributed by atoms with E-state index in [1.807, 2.05) is 38.1 Å². The van der Waals surface area contributed by atoms with Gasteiger partial charge in [0.15, 0.2) is 11.5 Å². The van der Waals surface area contributed by atoms with E-state index in [1.54, 1.807) is 7.11 Å². The molecule has 0 aliphatic heterocycles. The van der Waals surface area contributed by atoms with Gasteiger partial charge in [-0.3, -0.25) is 4.79 Å². The van der Waals surface area contributed by atoms with Gasteiger partial charge < -0.3 is 19.4 Å². The van der Waals surface area contributed by atoms with Crippen LogP contribution in [0.2, 0.25) is 0 Å². The predicted octanol–water partition coefficient (Wildman–Crippen LogP) is 6.12. The van der Waals surface area contributed by atoms with E-state index in [2.05, 4.69) is 40.7 Å². The number of amides is 1. The first-order chi connectivity index (χ1) is 17.5. The molecule has 0 aliphatic carbocycles. The third-order valence-electron chi connectivity index (χ3n) is 6.28. The number of carbonyl (C=O) groups excluding carboxylic acids is 1. The fourth-order valence-electron chi connectivity index (χ4n) is 4.25. The molecule has 0 unspecified atom stereocenters. The predicted molar refractivity (Wildman–Crippen MR) is 147 cm³/mol. The van der Waals surface area contributed by atoms with Crippen molar-refractivity contribution in [2.24, 2.45) is 5.92 Å². The van der Waals surface area contributed by atoms with Gasteiger partial charge in [0.2, 0.25) is 5.91 Å². The molecule has 1 N–H and O–H groups in total. The molecule has 36 heavy (non-hydrogen) atoms. The van der Waals surface area contributed by atoms with Crippen LogP contribution in [0.4, 0.5) is 0 Å². The summed E-state index contributed by atoms with van der Waals surface area (Å²) in [5.41, 5.74) is 3.41. The zero-order chi connectivity index (χ0) is 25.8. The number of aryl methyl sites for hydroxylation is 2. The van der Waals surface area contributed by atoms with Gasteiger partial charge in [-0.15, -0.1) is 6.58 Å². The summed E-state index contributed by atoms with van der Waals surface area (Å²) in [6.07, 6.45) is 8.72. The summed E-state index contributed by atoms with van der Waals surface area (Å²) in [5, 5.41) is 3.00. The maximum absolute atomic E-state index is 11.7. The van der Waals surface area contributed by atoms with Crippen LogP contribution in [0.5, 0.6) is 11.5 Å². The van der Waals surface area contributed by atoms with Gasteiger partial charge in [-0.1, -0.05) is 44.5 Å². The smallest absolute Gasteiger partial charge is 0.222 e. The van der Waals surface area contributed by atoms with Crippen molar-refractivity contribution in [3.8, 4) is 11.5 Å². The Bertz CT molecular complexity index is 1120. The second-order valence-electron chi connectivity index (χ2n) is 9.46. The van der Waals surface area contributed by atoms with Crippen molar-refractivity contribution in [2.45, 2.75) is 65.3 Å². The summed E-state index contributed by atoms with van der Waals surface area (Å²) in [6, 6.07) is 14.4. The third kappa shape index (κ3) is 7.87. The van der Waals surface area contributed by atoms with Crippen LogP contribution in [0.25, 0.3) is 11.0 Å². The van der Waals surface area contributed by atoms with Crippen LogP contribution < -0.4 is 14.8 Å². The van der Waals surface area contributed by atoms with Gasteiger partial charge in [0, 0.05) is 25.4 Å².